The van der Waals surface area contributed by atoms with Crippen LogP contribution in [0.3, 0.4) is 0 Å². The Bertz CT molecular complexity index is 832. The third kappa shape index (κ3) is 7.62. The Morgan fingerprint density at radius 3 is 1.30 bits per heavy atom. The van der Waals surface area contributed by atoms with Crippen LogP contribution in [0, 0.1) is 0 Å². The SMILES string of the molecule is CC.CC.CCC(=O)CC(C)(c1ccc(O)c(C(C)(C)C)c1)c1ccc(O)c(C(C)(C)C)c1. The second-order valence-corrected chi connectivity index (χ2v) is 10.4. The normalized spacial score (nSPS) is 11.6. The van der Waals surface area contributed by atoms with E-state index < -0.39 is 5.41 Å². The van der Waals surface area contributed by atoms with Crippen LogP contribution in [0.15, 0.2) is 36.4 Å². The van der Waals surface area contributed by atoms with Crippen molar-refractivity contribution >= 4 is 5.78 Å². The van der Waals surface area contributed by atoms with E-state index in [1.165, 1.54) is 0 Å². The van der Waals surface area contributed by atoms with Gasteiger partial charge in [-0.25, -0.2) is 0 Å². The summed E-state index contributed by atoms with van der Waals surface area (Å²) in [6.45, 7) is 24.4. The van der Waals surface area contributed by atoms with Gasteiger partial charge in [-0.1, -0.05) is 107 Å². The highest BCUT2D eigenvalue weighted by atomic mass is 16.3. The number of benzene rings is 2. The Hall–Kier alpha value is -2.29. The fraction of sp³-hybridized carbons (Fsp3) is 0.567. The summed E-state index contributed by atoms with van der Waals surface area (Å²) < 4.78 is 0. The predicted molar refractivity (Wildman–Crippen MR) is 143 cm³/mol. The second-order valence-electron chi connectivity index (χ2n) is 10.4. The van der Waals surface area contributed by atoms with Crippen LogP contribution in [0.1, 0.15) is 118 Å². The van der Waals surface area contributed by atoms with Crippen LogP contribution in [0.5, 0.6) is 11.5 Å². The summed E-state index contributed by atoms with van der Waals surface area (Å²) in [6.07, 6.45) is 0.843. The maximum atomic E-state index is 12.6. The molecule has 0 bridgehead atoms. The molecule has 2 aromatic carbocycles. The van der Waals surface area contributed by atoms with Crippen molar-refractivity contribution in [2.75, 3.05) is 0 Å². The molecule has 0 aliphatic heterocycles. The molecule has 0 aromatic heterocycles. The molecule has 0 heterocycles. The summed E-state index contributed by atoms with van der Waals surface area (Å²) >= 11 is 0. The quantitative estimate of drug-likeness (QED) is 0.474. The van der Waals surface area contributed by atoms with E-state index in [0.717, 1.165) is 22.3 Å². The fourth-order valence-electron chi connectivity index (χ4n) is 3.85. The van der Waals surface area contributed by atoms with Crippen LogP contribution in [0.25, 0.3) is 0 Å². The van der Waals surface area contributed by atoms with Crippen LogP contribution in [-0.2, 0) is 21.0 Å². The van der Waals surface area contributed by atoms with Gasteiger partial charge in [-0.05, 0) is 45.2 Å². The summed E-state index contributed by atoms with van der Waals surface area (Å²) in [7, 11) is 0. The summed E-state index contributed by atoms with van der Waals surface area (Å²) in [5.74, 6) is 0.723. The van der Waals surface area contributed by atoms with Crippen molar-refractivity contribution in [3.05, 3.63) is 58.7 Å². The van der Waals surface area contributed by atoms with Gasteiger partial charge in [-0.2, -0.15) is 0 Å². The Kier molecular flexibility index (Phi) is 11.4. The van der Waals surface area contributed by atoms with Crippen molar-refractivity contribution in [3.8, 4) is 11.5 Å². The first-order chi connectivity index (χ1) is 15.2. The van der Waals surface area contributed by atoms with Gasteiger partial charge in [0, 0.05) is 18.3 Å². The third-order valence-corrected chi connectivity index (χ3v) is 5.83. The van der Waals surface area contributed by atoms with Gasteiger partial charge in [0.25, 0.3) is 0 Å². The van der Waals surface area contributed by atoms with Crippen molar-refractivity contribution in [2.45, 2.75) is 112 Å². The van der Waals surface area contributed by atoms with Crippen molar-refractivity contribution < 1.29 is 15.0 Å². The molecule has 0 unspecified atom stereocenters. The van der Waals surface area contributed by atoms with Gasteiger partial charge >= 0.3 is 0 Å². The Balaban J connectivity index is 0.00000242. The molecular weight excluding hydrogens is 408 g/mol. The van der Waals surface area contributed by atoms with Crippen LogP contribution in [0.2, 0.25) is 0 Å². The molecule has 3 heteroatoms. The Labute approximate surface area is 203 Å². The first-order valence-corrected chi connectivity index (χ1v) is 12.4. The van der Waals surface area contributed by atoms with Crippen LogP contribution >= 0.6 is 0 Å². The Morgan fingerprint density at radius 1 is 0.697 bits per heavy atom. The van der Waals surface area contributed by atoms with Crippen molar-refractivity contribution in [1.82, 2.24) is 0 Å². The zero-order valence-electron chi connectivity index (χ0n) is 23.2. The van der Waals surface area contributed by atoms with Gasteiger partial charge in [-0.3, -0.25) is 4.79 Å². The van der Waals surface area contributed by atoms with Crippen molar-refractivity contribution in [1.29, 1.82) is 0 Å². The number of phenolic OH excluding ortho intramolecular Hbond substituents is 2. The first-order valence-electron chi connectivity index (χ1n) is 12.4. The molecule has 186 valence electrons. The molecule has 2 N–H and O–H groups in total. The third-order valence-electron chi connectivity index (χ3n) is 5.83. The number of Topliss-reactive ketones (excluding diaryl/α,β-unsaturated/α-hetero) is 1. The number of carbonyl (C=O) groups excluding carboxylic acids is 1. The number of hydrogen-bond donors (Lipinski definition) is 2. The molecule has 33 heavy (non-hydrogen) atoms. The van der Waals surface area contributed by atoms with E-state index >= 15 is 0 Å². The molecule has 0 atom stereocenters. The molecule has 2 rings (SSSR count). The lowest BCUT2D eigenvalue weighted by Gasteiger charge is -2.34. The van der Waals surface area contributed by atoms with Gasteiger partial charge in [0.2, 0.25) is 0 Å². The number of ketones is 1. The molecular formula is C30H48O3. The Morgan fingerprint density at radius 2 is 1.03 bits per heavy atom. The van der Waals surface area contributed by atoms with Crippen LogP contribution in [0.4, 0.5) is 0 Å². The average Bonchev–Trinajstić information content (AvgIpc) is 2.75. The van der Waals surface area contributed by atoms with Crippen LogP contribution in [-0.4, -0.2) is 16.0 Å². The number of carbonyl (C=O) groups is 1. The molecule has 0 aliphatic carbocycles. The largest absolute Gasteiger partial charge is 0.508 e. The molecule has 0 radical (unpaired) electrons. The number of phenols is 2. The summed E-state index contributed by atoms with van der Waals surface area (Å²) in [4.78, 5) is 12.6. The van der Waals surface area contributed by atoms with Gasteiger partial charge in [0.15, 0.2) is 0 Å². The minimum Gasteiger partial charge on any atom is -0.508 e. The van der Waals surface area contributed by atoms with Gasteiger partial charge < -0.3 is 10.2 Å². The van der Waals surface area contributed by atoms with E-state index in [0.29, 0.717) is 12.8 Å². The lowest BCUT2D eigenvalue weighted by molar-refractivity contribution is -0.119. The summed E-state index contributed by atoms with van der Waals surface area (Å²) in [5.41, 5.74) is 2.71. The van der Waals surface area contributed by atoms with E-state index in [1.54, 1.807) is 12.1 Å². The highest BCUT2D eigenvalue weighted by Crippen LogP contribution is 2.42. The van der Waals surface area contributed by atoms with E-state index in [4.69, 9.17) is 0 Å². The molecule has 0 fully saturated rings. The zero-order valence-corrected chi connectivity index (χ0v) is 23.2. The number of aromatic hydroxyl groups is 2. The maximum Gasteiger partial charge on any atom is 0.133 e. The minimum atomic E-state index is -0.561. The molecule has 2 aromatic rings. The first kappa shape index (κ1) is 30.7. The lowest BCUT2D eigenvalue weighted by Crippen LogP contribution is -2.28. The topological polar surface area (TPSA) is 57.5 Å². The van der Waals surface area contributed by atoms with E-state index in [2.05, 4.69) is 48.5 Å². The predicted octanol–water partition coefficient (Wildman–Crippen LogP) is 8.42. The minimum absolute atomic E-state index is 0.184. The number of rotatable bonds is 5. The van der Waals surface area contributed by atoms with E-state index in [9.17, 15) is 15.0 Å². The monoisotopic (exact) mass is 456 g/mol. The highest BCUT2D eigenvalue weighted by molar-refractivity contribution is 5.80. The molecule has 0 saturated carbocycles. The summed E-state index contributed by atoms with van der Waals surface area (Å²) in [5, 5.41) is 20.8. The van der Waals surface area contributed by atoms with Crippen molar-refractivity contribution in [2.24, 2.45) is 0 Å². The molecule has 0 aliphatic rings. The maximum absolute atomic E-state index is 12.6. The highest BCUT2D eigenvalue weighted by Gasteiger charge is 2.34. The average molecular weight is 457 g/mol. The van der Waals surface area contributed by atoms with Gasteiger partial charge in [0.05, 0.1) is 0 Å². The molecule has 0 spiro atoms. The molecule has 0 saturated heterocycles. The zero-order chi connectivity index (χ0) is 26.2. The smallest absolute Gasteiger partial charge is 0.133 e. The lowest BCUT2D eigenvalue weighted by atomic mass is 9.69. The second kappa shape index (κ2) is 12.3. The summed E-state index contributed by atoms with van der Waals surface area (Å²) in [6, 6.07) is 11.4. The standard InChI is InChI=1S/C26H36O3.2C2H6/c1-9-19(27)16-26(8,17-10-12-22(28)20(14-17)24(2,3)4)18-11-13-23(29)21(15-18)25(5,6)7;2*1-2/h10-15,28-29H,9,16H2,1-8H3;2*1-2H3. The fourth-order valence-corrected chi connectivity index (χ4v) is 3.85. The molecule has 3 nitrogen and oxygen atoms in total. The van der Waals surface area contributed by atoms with Gasteiger partial charge in [-0.15, -0.1) is 0 Å². The number of hydrogen-bond acceptors (Lipinski definition) is 3. The van der Waals surface area contributed by atoms with E-state index in [-0.39, 0.29) is 28.1 Å². The van der Waals surface area contributed by atoms with Crippen molar-refractivity contribution in [3.63, 3.8) is 0 Å². The van der Waals surface area contributed by atoms with E-state index in [1.807, 2.05) is 58.9 Å². The van der Waals surface area contributed by atoms with Gasteiger partial charge in [0.1, 0.15) is 17.3 Å². The van der Waals surface area contributed by atoms with Crippen LogP contribution < -0.4 is 0 Å². The molecule has 0 amide bonds.